The van der Waals surface area contributed by atoms with E-state index >= 15 is 0 Å². The van der Waals surface area contributed by atoms with Crippen LogP contribution >= 0.6 is 0 Å². The Morgan fingerprint density at radius 3 is 2.00 bits per heavy atom. The van der Waals surface area contributed by atoms with Gasteiger partial charge in [0.25, 0.3) is 5.79 Å². The molecule has 0 bridgehead atoms. The van der Waals surface area contributed by atoms with E-state index in [9.17, 15) is 68.8 Å². The summed E-state index contributed by atoms with van der Waals surface area (Å²) in [7, 11) is -4.06. The first-order valence-electron chi connectivity index (χ1n) is 15.2. The van der Waals surface area contributed by atoms with Gasteiger partial charge in [0.1, 0.15) is 67.1 Å². The van der Waals surface area contributed by atoms with E-state index in [-0.39, 0.29) is 0 Å². The normalized spacial score (nSPS) is 40.2. The van der Waals surface area contributed by atoms with Crippen LogP contribution in [0.2, 0.25) is 0 Å². The van der Waals surface area contributed by atoms with Gasteiger partial charge in [-0.2, -0.15) is 8.42 Å². The monoisotopic (exact) mass is 768 g/mol. The molecule has 0 saturated carbocycles. The molecule has 2 amide bonds. The highest BCUT2D eigenvalue weighted by atomic mass is 32.3. The molecule has 16 atom stereocenters. The number of carboxylic acids is 1. The van der Waals surface area contributed by atoms with E-state index in [4.69, 9.17) is 33.0 Å². The van der Waals surface area contributed by atoms with Crippen molar-refractivity contribution < 1.29 is 106 Å². The molecule has 12 N–H and O–H groups in total. The maximum atomic E-state index is 12.8. The molecule has 0 aromatic heterocycles. The van der Waals surface area contributed by atoms with Crippen molar-refractivity contribution in [3.63, 3.8) is 0 Å². The Morgan fingerprint density at radius 1 is 0.902 bits per heavy atom. The number of carboxylic acid groups (broad SMARTS) is 1. The van der Waals surface area contributed by atoms with Crippen LogP contribution < -0.4 is 10.6 Å². The summed E-state index contributed by atoms with van der Waals surface area (Å²) in [6, 6.07) is -2.99. The van der Waals surface area contributed by atoms with E-state index < -0.39 is 152 Å². The van der Waals surface area contributed by atoms with Crippen LogP contribution in [-0.2, 0) is 57.4 Å². The molecule has 0 aliphatic carbocycles. The molecule has 3 rings (SSSR count). The first-order chi connectivity index (χ1) is 23.7. The maximum Gasteiger partial charge on any atom is 0.397 e. The standard InChI is InChI=1S/C26H44N2O22S/c1-8(31)27-14-10(33)4-26(25(39)40,49-21(14)16(35)11(34)5-29)50-22-17(36)13(7-45-51(41,42)43)47-24(19(22)38)48-20-12(6-30)46-23(44-3)15(18(20)37)28-9(2)32/h10-24,29-30,33-38H,4-7H2,1-3H3,(H,27,31)(H,28,32)(H,39,40)(H,41,42,43)/t10-,11+,12+,13+,14+,15+,16+,17-,18+,19+,20+,21+,22-,23+,24-,26-/m0/s1. The van der Waals surface area contributed by atoms with Crippen molar-refractivity contribution in [3.8, 4) is 0 Å². The van der Waals surface area contributed by atoms with Crippen LogP contribution in [0.25, 0.3) is 0 Å². The van der Waals surface area contributed by atoms with Crippen molar-refractivity contribution in [2.75, 3.05) is 26.9 Å². The minimum atomic E-state index is -5.22. The molecule has 0 aromatic carbocycles. The molecule has 25 heteroatoms. The first kappa shape index (κ1) is 43.1. The number of rotatable bonds is 15. The number of aliphatic hydroxyl groups is 8. The number of aliphatic carboxylic acids is 1. The number of hydrogen-bond donors (Lipinski definition) is 12. The predicted molar refractivity (Wildman–Crippen MR) is 157 cm³/mol. The summed E-state index contributed by atoms with van der Waals surface area (Å²) < 4.78 is 69.1. The fourth-order valence-electron chi connectivity index (χ4n) is 5.89. The van der Waals surface area contributed by atoms with Crippen molar-refractivity contribution in [3.05, 3.63) is 0 Å². The number of aliphatic hydroxyl groups excluding tert-OH is 8. The summed E-state index contributed by atoms with van der Waals surface area (Å²) in [6.45, 7) is -1.11. The predicted octanol–water partition coefficient (Wildman–Crippen LogP) is -7.60. The molecule has 0 spiro atoms. The Bertz CT molecular complexity index is 1310. The number of hydrogen-bond acceptors (Lipinski definition) is 20. The maximum absolute atomic E-state index is 12.8. The third-order valence-electron chi connectivity index (χ3n) is 8.28. The number of amides is 2. The third kappa shape index (κ3) is 10.2. The van der Waals surface area contributed by atoms with Gasteiger partial charge < -0.3 is 85.0 Å². The summed E-state index contributed by atoms with van der Waals surface area (Å²) in [6.07, 6.45) is -26.8. The quantitative estimate of drug-likeness (QED) is 0.0688. The second-order valence-corrected chi connectivity index (χ2v) is 13.1. The van der Waals surface area contributed by atoms with E-state index in [1.807, 2.05) is 0 Å². The lowest BCUT2D eigenvalue weighted by molar-refractivity contribution is -0.382. The van der Waals surface area contributed by atoms with Gasteiger partial charge in [-0.1, -0.05) is 0 Å². The average molecular weight is 769 g/mol. The summed E-state index contributed by atoms with van der Waals surface area (Å²) in [5.41, 5.74) is 0. The largest absolute Gasteiger partial charge is 0.477 e. The molecule has 3 heterocycles. The molecule has 51 heavy (non-hydrogen) atoms. The minimum absolute atomic E-state index is 0.664. The van der Waals surface area contributed by atoms with E-state index in [2.05, 4.69) is 14.8 Å². The van der Waals surface area contributed by atoms with Crippen LogP contribution in [0.3, 0.4) is 0 Å². The van der Waals surface area contributed by atoms with Crippen molar-refractivity contribution in [2.24, 2.45) is 0 Å². The Hall–Kier alpha value is -2.28. The number of carbonyl (C=O) groups excluding carboxylic acids is 2. The molecule has 3 aliphatic heterocycles. The molecule has 0 aromatic rings. The number of methoxy groups -OCH3 is 1. The van der Waals surface area contributed by atoms with E-state index in [1.54, 1.807) is 0 Å². The molecule has 296 valence electrons. The fraction of sp³-hybridized carbons (Fsp3) is 0.885. The third-order valence-corrected chi connectivity index (χ3v) is 8.72. The van der Waals surface area contributed by atoms with Gasteiger partial charge in [-0.15, -0.1) is 0 Å². The zero-order valence-corrected chi connectivity index (χ0v) is 28.1. The second kappa shape index (κ2) is 17.7. The first-order valence-corrected chi connectivity index (χ1v) is 16.6. The van der Waals surface area contributed by atoms with Gasteiger partial charge in [0, 0.05) is 27.4 Å². The Labute approximate surface area is 289 Å². The SMILES string of the molecule is CO[C@@H]1O[C@H](CO)[C@@H](O[C@@H]2O[C@H](COS(=O)(=O)O)[C@H](O)[C@H](O[C@]3(C(=O)O)C[C@H](O)[C@@H](NC(C)=O)[C@H]([C@H](O)[C@H](O)CO)O3)[C@H]2O)[C@H](O)[C@H]1NC(C)=O. The summed E-state index contributed by atoms with van der Waals surface area (Å²) in [5.74, 6) is -6.69. The number of ether oxygens (including phenoxy) is 6. The van der Waals surface area contributed by atoms with Crippen LogP contribution in [0.4, 0.5) is 0 Å². The zero-order chi connectivity index (χ0) is 38.6. The van der Waals surface area contributed by atoms with Gasteiger partial charge in [-0.05, 0) is 0 Å². The highest BCUT2D eigenvalue weighted by molar-refractivity contribution is 7.80. The highest BCUT2D eigenvalue weighted by Gasteiger charge is 2.60. The van der Waals surface area contributed by atoms with Crippen molar-refractivity contribution in [1.29, 1.82) is 0 Å². The molecular formula is C26H44N2O22S. The summed E-state index contributed by atoms with van der Waals surface area (Å²) >= 11 is 0. The molecule has 3 fully saturated rings. The van der Waals surface area contributed by atoms with Crippen LogP contribution in [-0.4, -0.2) is 201 Å². The number of nitrogens with one attached hydrogen (secondary N) is 2. The van der Waals surface area contributed by atoms with Crippen molar-refractivity contribution in [2.45, 2.75) is 118 Å². The van der Waals surface area contributed by atoms with E-state index in [0.717, 1.165) is 21.0 Å². The lowest BCUT2D eigenvalue weighted by atomic mass is 9.88. The van der Waals surface area contributed by atoms with Gasteiger partial charge in [0.05, 0.1) is 32.0 Å². The van der Waals surface area contributed by atoms with Gasteiger partial charge in [-0.25, -0.2) is 8.98 Å². The smallest absolute Gasteiger partial charge is 0.397 e. The molecular weight excluding hydrogens is 724 g/mol. The van der Waals surface area contributed by atoms with E-state index in [1.165, 1.54) is 0 Å². The van der Waals surface area contributed by atoms with E-state index in [0.29, 0.717) is 0 Å². The van der Waals surface area contributed by atoms with Gasteiger partial charge >= 0.3 is 16.4 Å². The fourth-order valence-corrected chi connectivity index (χ4v) is 6.20. The van der Waals surface area contributed by atoms with Crippen LogP contribution in [0.15, 0.2) is 0 Å². The second-order valence-electron chi connectivity index (χ2n) is 12.0. The van der Waals surface area contributed by atoms with Gasteiger partial charge in [0.15, 0.2) is 12.6 Å². The van der Waals surface area contributed by atoms with Crippen LogP contribution in [0, 0.1) is 0 Å². The van der Waals surface area contributed by atoms with Crippen LogP contribution in [0.5, 0.6) is 0 Å². The lowest BCUT2D eigenvalue weighted by Gasteiger charge is -2.51. The molecule has 0 unspecified atom stereocenters. The average Bonchev–Trinajstić information content (AvgIpc) is 3.04. The minimum Gasteiger partial charge on any atom is -0.477 e. The lowest BCUT2D eigenvalue weighted by Crippen LogP contribution is -2.71. The molecule has 3 saturated heterocycles. The summed E-state index contributed by atoms with van der Waals surface area (Å²) in [5, 5.41) is 99.7. The van der Waals surface area contributed by atoms with Gasteiger partial charge in [-0.3, -0.25) is 14.1 Å². The topological polar surface area (TPSA) is 376 Å². The summed E-state index contributed by atoms with van der Waals surface area (Å²) in [4.78, 5) is 36.4. The van der Waals surface area contributed by atoms with Crippen LogP contribution in [0.1, 0.15) is 20.3 Å². The van der Waals surface area contributed by atoms with Crippen molar-refractivity contribution in [1.82, 2.24) is 10.6 Å². The van der Waals surface area contributed by atoms with Crippen molar-refractivity contribution >= 4 is 28.2 Å². The Morgan fingerprint density at radius 2 is 1.49 bits per heavy atom. The highest BCUT2D eigenvalue weighted by Crippen LogP contribution is 2.38. The Balaban J connectivity index is 2.04. The number of carbonyl (C=O) groups is 3. The molecule has 24 nitrogen and oxygen atoms in total. The molecule has 0 radical (unpaired) electrons. The molecule has 3 aliphatic rings. The van der Waals surface area contributed by atoms with Gasteiger partial charge in [0.2, 0.25) is 11.8 Å². The Kier molecular flexibility index (Phi) is 15.0. The zero-order valence-electron chi connectivity index (χ0n) is 27.3.